The topological polar surface area (TPSA) is 42.4 Å². The molecule has 0 atom stereocenters. The van der Waals surface area contributed by atoms with Gasteiger partial charge in [-0.2, -0.15) is 0 Å². The number of benzene rings is 1. The Kier molecular flexibility index (Phi) is 3.40. The van der Waals surface area contributed by atoms with Gasteiger partial charge < -0.3 is 9.84 Å². The Labute approximate surface area is 101 Å². The van der Waals surface area contributed by atoms with Crippen molar-refractivity contribution in [1.82, 2.24) is 4.98 Å². The molecule has 17 heavy (non-hydrogen) atoms. The van der Waals surface area contributed by atoms with Gasteiger partial charge in [0.05, 0.1) is 6.61 Å². The average Bonchev–Trinajstić information content (AvgIpc) is 2.35. The van der Waals surface area contributed by atoms with E-state index >= 15 is 0 Å². The third-order valence-electron chi connectivity index (χ3n) is 2.68. The molecule has 0 unspecified atom stereocenters. The van der Waals surface area contributed by atoms with Crippen LogP contribution in [0.15, 0.2) is 36.5 Å². The van der Waals surface area contributed by atoms with Crippen molar-refractivity contribution in [2.24, 2.45) is 0 Å². The number of pyridine rings is 1. The monoisotopic (exact) mass is 229 g/mol. The molecule has 2 aromatic rings. The highest BCUT2D eigenvalue weighted by molar-refractivity contribution is 5.35. The zero-order valence-electron chi connectivity index (χ0n) is 9.97. The smallest absolute Gasteiger partial charge is 0.219 e. The van der Waals surface area contributed by atoms with Crippen molar-refractivity contribution in [3.63, 3.8) is 0 Å². The van der Waals surface area contributed by atoms with Gasteiger partial charge in [-0.1, -0.05) is 6.07 Å². The van der Waals surface area contributed by atoms with Crippen molar-refractivity contribution in [2.45, 2.75) is 20.5 Å². The van der Waals surface area contributed by atoms with E-state index in [2.05, 4.69) is 11.9 Å². The average molecular weight is 229 g/mol. The van der Waals surface area contributed by atoms with E-state index in [0.29, 0.717) is 5.88 Å². The van der Waals surface area contributed by atoms with Crippen molar-refractivity contribution in [1.29, 1.82) is 0 Å². The molecule has 0 spiro atoms. The second-order valence-electron chi connectivity index (χ2n) is 4.01. The van der Waals surface area contributed by atoms with Crippen molar-refractivity contribution in [3.05, 3.63) is 53.2 Å². The summed E-state index contributed by atoms with van der Waals surface area (Å²) >= 11 is 0. The number of ether oxygens (including phenoxy) is 1. The molecule has 0 bridgehead atoms. The molecule has 1 aromatic heterocycles. The van der Waals surface area contributed by atoms with Crippen LogP contribution in [0, 0.1) is 13.8 Å². The molecule has 0 aliphatic carbocycles. The van der Waals surface area contributed by atoms with Crippen molar-refractivity contribution >= 4 is 0 Å². The summed E-state index contributed by atoms with van der Waals surface area (Å²) in [6, 6.07) is 9.47. The summed E-state index contributed by atoms with van der Waals surface area (Å²) in [5, 5.41) is 8.90. The molecule has 0 saturated heterocycles. The third-order valence-corrected chi connectivity index (χ3v) is 2.68. The zero-order valence-corrected chi connectivity index (χ0v) is 9.97. The number of aliphatic hydroxyl groups is 1. The maximum Gasteiger partial charge on any atom is 0.219 e. The Morgan fingerprint density at radius 1 is 1.12 bits per heavy atom. The Bertz CT molecular complexity index is 506. The number of rotatable bonds is 3. The van der Waals surface area contributed by atoms with E-state index in [0.717, 1.165) is 11.3 Å². The van der Waals surface area contributed by atoms with Gasteiger partial charge in [0.15, 0.2) is 0 Å². The fourth-order valence-electron chi connectivity index (χ4n) is 1.46. The van der Waals surface area contributed by atoms with Crippen LogP contribution in [0.4, 0.5) is 0 Å². The zero-order chi connectivity index (χ0) is 12.3. The van der Waals surface area contributed by atoms with E-state index in [1.807, 2.05) is 25.1 Å². The molecule has 0 amide bonds. The fraction of sp³-hybridized carbons (Fsp3) is 0.214. The molecular weight excluding hydrogens is 214 g/mol. The highest BCUT2D eigenvalue weighted by Gasteiger charge is 2.00. The molecule has 3 heteroatoms. The Balaban J connectivity index is 2.16. The molecule has 2 rings (SSSR count). The molecule has 1 N–H and O–H groups in total. The van der Waals surface area contributed by atoms with Crippen LogP contribution >= 0.6 is 0 Å². The number of nitrogens with zero attached hydrogens (tertiary/aromatic N) is 1. The Morgan fingerprint density at radius 2 is 1.94 bits per heavy atom. The van der Waals surface area contributed by atoms with Crippen LogP contribution in [0.25, 0.3) is 0 Å². The lowest BCUT2D eigenvalue weighted by molar-refractivity contribution is 0.281. The number of aromatic nitrogens is 1. The first-order valence-electron chi connectivity index (χ1n) is 5.50. The fourth-order valence-corrected chi connectivity index (χ4v) is 1.46. The summed E-state index contributed by atoms with van der Waals surface area (Å²) < 4.78 is 5.62. The van der Waals surface area contributed by atoms with Crippen molar-refractivity contribution in [3.8, 4) is 11.6 Å². The summed E-state index contributed by atoms with van der Waals surface area (Å²) in [5.41, 5.74) is 3.20. The summed E-state index contributed by atoms with van der Waals surface area (Å²) in [6.45, 7) is 4.11. The van der Waals surface area contributed by atoms with Crippen LogP contribution < -0.4 is 4.74 Å². The second-order valence-corrected chi connectivity index (χ2v) is 4.01. The molecule has 0 aliphatic heterocycles. The van der Waals surface area contributed by atoms with Gasteiger partial charge >= 0.3 is 0 Å². The largest absolute Gasteiger partial charge is 0.439 e. The van der Waals surface area contributed by atoms with Crippen LogP contribution in [0.5, 0.6) is 11.6 Å². The predicted molar refractivity (Wildman–Crippen MR) is 66.1 cm³/mol. The molecule has 0 saturated carbocycles. The van der Waals surface area contributed by atoms with Gasteiger partial charge in [-0.25, -0.2) is 4.98 Å². The van der Waals surface area contributed by atoms with Gasteiger partial charge in [-0.15, -0.1) is 0 Å². The molecular formula is C14H15NO2. The van der Waals surface area contributed by atoms with Crippen molar-refractivity contribution < 1.29 is 9.84 Å². The first-order chi connectivity index (χ1) is 8.19. The highest BCUT2D eigenvalue weighted by Crippen LogP contribution is 2.22. The van der Waals surface area contributed by atoms with E-state index in [1.165, 1.54) is 11.1 Å². The lowest BCUT2D eigenvalue weighted by Gasteiger charge is -2.07. The second kappa shape index (κ2) is 4.97. The first-order valence-corrected chi connectivity index (χ1v) is 5.50. The summed E-state index contributed by atoms with van der Waals surface area (Å²) in [6.07, 6.45) is 1.61. The van der Waals surface area contributed by atoms with E-state index < -0.39 is 0 Å². The van der Waals surface area contributed by atoms with Crippen LogP contribution in [0.3, 0.4) is 0 Å². The SMILES string of the molecule is Cc1ccc(Oc2ccc(CO)cn2)cc1C. The van der Waals surface area contributed by atoms with Gasteiger partial charge in [0.2, 0.25) is 5.88 Å². The van der Waals surface area contributed by atoms with Crippen LogP contribution in [0.1, 0.15) is 16.7 Å². The molecule has 0 aliphatic rings. The lowest BCUT2D eigenvalue weighted by Crippen LogP contribution is -1.91. The standard InChI is InChI=1S/C14H15NO2/c1-10-3-5-13(7-11(10)2)17-14-6-4-12(9-16)8-15-14/h3-8,16H,9H2,1-2H3. The minimum Gasteiger partial charge on any atom is -0.439 e. The maximum atomic E-state index is 8.90. The predicted octanol–water partition coefficient (Wildman–Crippen LogP) is 2.98. The van der Waals surface area contributed by atoms with E-state index in [4.69, 9.17) is 9.84 Å². The van der Waals surface area contributed by atoms with E-state index in [-0.39, 0.29) is 6.61 Å². The minimum atomic E-state index is -0.00306. The lowest BCUT2D eigenvalue weighted by atomic mass is 10.1. The molecule has 0 fully saturated rings. The van der Waals surface area contributed by atoms with Gasteiger partial charge in [-0.05, 0) is 48.7 Å². The highest BCUT2D eigenvalue weighted by atomic mass is 16.5. The van der Waals surface area contributed by atoms with Gasteiger partial charge in [0.25, 0.3) is 0 Å². The number of aliphatic hydroxyl groups excluding tert-OH is 1. The molecule has 88 valence electrons. The summed E-state index contributed by atoms with van der Waals surface area (Å²) in [7, 11) is 0. The maximum absolute atomic E-state index is 8.90. The van der Waals surface area contributed by atoms with E-state index in [9.17, 15) is 0 Å². The summed E-state index contributed by atoms with van der Waals surface area (Å²) in [5.74, 6) is 1.31. The summed E-state index contributed by atoms with van der Waals surface area (Å²) in [4.78, 5) is 4.11. The molecule has 3 nitrogen and oxygen atoms in total. The number of aryl methyl sites for hydroxylation is 2. The Hall–Kier alpha value is -1.87. The Morgan fingerprint density at radius 3 is 2.53 bits per heavy atom. The van der Waals surface area contributed by atoms with Crippen LogP contribution in [0.2, 0.25) is 0 Å². The first kappa shape index (κ1) is 11.6. The quantitative estimate of drug-likeness (QED) is 0.879. The normalized spacial score (nSPS) is 10.3. The van der Waals surface area contributed by atoms with Crippen molar-refractivity contribution in [2.75, 3.05) is 0 Å². The number of hydrogen-bond acceptors (Lipinski definition) is 3. The third kappa shape index (κ3) is 2.82. The number of hydrogen-bond donors (Lipinski definition) is 1. The molecule has 1 heterocycles. The van der Waals surface area contributed by atoms with Gasteiger partial charge in [0, 0.05) is 12.3 Å². The minimum absolute atomic E-state index is 0.00306. The van der Waals surface area contributed by atoms with Crippen LogP contribution in [-0.4, -0.2) is 10.1 Å². The van der Waals surface area contributed by atoms with Gasteiger partial charge in [-0.3, -0.25) is 0 Å². The van der Waals surface area contributed by atoms with Gasteiger partial charge in [0.1, 0.15) is 5.75 Å². The molecule has 0 radical (unpaired) electrons. The van der Waals surface area contributed by atoms with Crippen LogP contribution in [-0.2, 0) is 6.61 Å². The molecule has 1 aromatic carbocycles. The van der Waals surface area contributed by atoms with E-state index in [1.54, 1.807) is 18.3 Å².